The monoisotopic (exact) mass is 485 g/mol. The summed E-state index contributed by atoms with van der Waals surface area (Å²) >= 11 is 0. The molecule has 0 spiro atoms. The molecule has 3 heterocycles. The molecular weight excluding hydrogens is 462 g/mol. The summed E-state index contributed by atoms with van der Waals surface area (Å²) in [6.07, 6.45) is 0. The number of hydrogen-bond donors (Lipinski definition) is 2. The molecule has 0 amide bonds. The molecule has 0 fully saturated rings. The number of benzene rings is 3. The molecule has 9 nitrogen and oxygen atoms in total. The van der Waals surface area contributed by atoms with Crippen LogP contribution in [-0.2, 0) is 11.2 Å². The van der Waals surface area contributed by atoms with Crippen LogP contribution in [0.2, 0.25) is 0 Å². The fraction of sp³-hybridized carbons (Fsp3) is 0.185. The fourth-order valence-corrected chi connectivity index (χ4v) is 3.60. The molecule has 3 aromatic heterocycles. The predicted octanol–water partition coefficient (Wildman–Crippen LogP) is 5.11. The molecule has 0 aliphatic carbocycles. The fourth-order valence-electron chi connectivity index (χ4n) is 3.60. The lowest BCUT2D eigenvalue weighted by molar-refractivity contribution is -0.166. The average molecular weight is 485 g/mol. The third-order valence-electron chi connectivity index (χ3n) is 5.96. The largest absolute Gasteiger partial charge is 0.437 e. The Balaban J connectivity index is 0.000000186. The molecule has 0 bridgehead atoms. The molecule has 3 aromatic carbocycles. The van der Waals surface area contributed by atoms with Crippen LogP contribution in [0, 0.1) is 0 Å². The summed E-state index contributed by atoms with van der Waals surface area (Å²) in [5, 5.41) is 22.0. The molecule has 0 aliphatic heterocycles. The van der Waals surface area contributed by atoms with Gasteiger partial charge in [0.15, 0.2) is 28.0 Å². The highest BCUT2D eigenvalue weighted by Crippen LogP contribution is 2.41. The molecular formula is C27H23N3O6. The summed E-state index contributed by atoms with van der Waals surface area (Å²) < 4.78 is 16.4. The van der Waals surface area contributed by atoms with Gasteiger partial charge in [-0.3, -0.25) is 4.79 Å². The summed E-state index contributed by atoms with van der Waals surface area (Å²) in [5.41, 5.74) is -0.0465. The molecule has 2 atom stereocenters. The number of Topliss-reactive ketones (excluding diaryl/α,β-unsaturated/α-hetero) is 1. The third-order valence-corrected chi connectivity index (χ3v) is 5.96. The van der Waals surface area contributed by atoms with Crippen molar-refractivity contribution in [3.05, 3.63) is 90.5 Å². The van der Waals surface area contributed by atoms with Crippen molar-refractivity contribution in [1.29, 1.82) is 0 Å². The van der Waals surface area contributed by atoms with Crippen LogP contribution in [0.4, 0.5) is 0 Å². The van der Waals surface area contributed by atoms with Gasteiger partial charge in [0, 0.05) is 6.92 Å². The van der Waals surface area contributed by atoms with Crippen molar-refractivity contribution >= 4 is 39.1 Å². The van der Waals surface area contributed by atoms with E-state index in [1.54, 1.807) is 30.3 Å². The van der Waals surface area contributed by atoms with Gasteiger partial charge >= 0.3 is 0 Å². The molecule has 0 saturated carbocycles. The summed E-state index contributed by atoms with van der Waals surface area (Å²) in [4.78, 5) is 23.4. The van der Waals surface area contributed by atoms with E-state index in [0.29, 0.717) is 27.8 Å². The minimum atomic E-state index is -1.84. The number of nitrogens with zero attached hydrogens (tertiary/aromatic N) is 3. The predicted molar refractivity (Wildman–Crippen MR) is 131 cm³/mol. The Morgan fingerprint density at radius 1 is 0.639 bits per heavy atom. The van der Waals surface area contributed by atoms with Crippen LogP contribution in [0.3, 0.4) is 0 Å². The molecule has 0 saturated heterocycles. The Morgan fingerprint density at radius 2 is 1.00 bits per heavy atom. The molecule has 6 rings (SSSR count). The van der Waals surface area contributed by atoms with Gasteiger partial charge in [-0.2, -0.15) is 0 Å². The smallest absolute Gasteiger partial charge is 0.263 e. The van der Waals surface area contributed by atoms with Crippen molar-refractivity contribution in [3.63, 3.8) is 0 Å². The van der Waals surface area contributed by atoms with Crippen molar-refractivity contribution in [1.82, 2.24) is 15.0 Å². The molecule has 182 valence electrons. The maximum atomic E-state index is 11.0. The summed E-state index contributed by atoms with van der Waals surface area (Å²) in [6, 6.07) is 21.6. The van der Waals surface area contributed by atoms with Crippen LogP contribution in [0.15, 0.2) is 86.0 Å². The Hall–Kier alpha value is -4.34. The first kappa shape index (κ1) is 23.4. The highest BCUT2D eigenvalue weighted by Gasteiger charge is 2.52. The number of aliphatic hydroxyl groups is 2. The van der Waals surface area contributed by atoms with Crippen molar-refractivity contribution in [3.8, 4) is 0 Å². The molecule has 0 aliphatic rings. The summed E-state index contributed by atoms with van der Waals surface area (Å²) in [5.74, 6) is 0.0225. The van der Waals surface area contributed by atoms with E-state index in [1.165, 1.54) is 20.8 Å². The number of carbonyl (C=O) groups is 1. The van der Waals surface area contributed by atoms with Gasteiger partial charge in [-0.05, 0) is 50.2 Å². The number of hydrogen-bond acceptors (Lipinski definition) is 9. The van der Waals surface area contributed by atoms with Gasteiger partial charge in [-0.25, -0.2) is 15.0 Å². The second-order valence-corrected chi connectivity index (χ2v) is 8.66. The third kappa shape index (κ3) is 4.04. The van der Waals surface area contributed by atoms with Crippen LogP contribution in [0.1, 0.15) is 43.2 Å². The van der Waals surface area contributed by atoms with Gasteiger partial charge in [0.2, 0.25) is 17.6 Å². The van der Waals surface area contributed by atoms with E-state index in [0.717, 1.165) is 5.52 Å². The summed E-state index contributed by atoms with van der Waals surface area (Å²) in [7, 11) is 0. The standard InChI is InChI=1S/C18H16N2O4.C9H7NO2/c1-17(21,15-19-11-7-3-5-9-13(11)23-15)18(2,22)16-20-12-8-4-6-10-14(12)24-16;1-6(11)9-10-7-4-2-3-5-8(7)12-9/h3-10,21-22H,1-2H3;2-5H,1H3. The van der Waals surface area contributed by atoms with Gasteiger partial charge in [0.05, 0.1) is 0 Å². The second-order valence-electron chi connectivity index (χ2n) is 8.66. The zero-order chi connectivity index (χ0) is 25.5. The lowest BCUT2D eigenvalue weighted by Gasteiger charge is -2.33. The first-order valence-electron chi connectivity index (χ1n) is 11.2. The normalized spacial score (nSPS) is 14.8. The number of aromatic nitrogens is 3. The highest BCUT2D eigenvalue weighted by atomic mass is 16.4. The maximum absolute atomic E-state index is 11.0. The van der Waals surface area contributed by atoms with Crippen LogP contribution in [-0.4, -0.2) is 30.9 Å². The van der Waals surface area contributed by atoms with E-state index in [1.807, 2.05) is 42.5 Å². The zero-order valence-corrected chi connectivity index (χ0v) is 19.8. The lowest BCUT2D eigenvalue weighted by atomic mass is 9.85. The lowest BCUT2D eigenvalue weighted by Crippen LogP contribution is -2.45. The molecule has 0 radical (unpaired) electrons. The van der Waals surface area contributed by atoms with E-state index in [2.05, 4.69) is 15.0 Å². The first-order valence-corrected chi connectivity index (χ1v) is 11.2. The van der Waals surface area contributed by atoms with Crippen LogP contribution < -0.4 is 0 Å². The van der Waals surface area contributed by atoms with E-state index < -0.39 is 11.2 Å². The van der Waals surface area contributed by atoms with Crippen LogP contribution in [0.25, 0.3) is 33.3 Å². The molecule has 6 aromatic rings. The number of rotatable bonds is 4. The second kappa shape index (κ2) is 8.71. The van der Waals surface area contributed by atoms with Crippen LogP contribution in [0.5, 0.6) is 0 Å². The number of carbonyl (C=O) groups excluding carboxylic acids is 1. The molecule has 2 N–H and O–H groups in total. The van der Waals surface area contributed by atoms with E-state index in [-0.39, 0.29) is 23.5 Å². The summed E-state index contributed by atoms with van der Waals surface area (Å²) in [6.45, 7) is 4.28. The van der Waals surface area contributed by atoms with Gasteiger partial charge in [0.25, 0.3) is 5.89 Å². The quantitative estimate of drug-likeness (QED) is 0.326. The number of para-hydroxylation sites is 6. The van der Waals surface area contributed by atoms with Gasteiger partial charge in [0.1, 0.15) is 16.6 Å². The van der Waals surface area contributed by atoms with Crippen molar-refractivity contribution < 1.29 is 28.3 Å². The van der Waals surface area contributed by atoms with Gasteiger partial charge < -0.3 is 23.5 Å². The SMILES string of the molecule is CC(=O)c1nc2ccccc2o1.CC(O)(c1nc2ccccc2o1)C(C)(O)c1nc2ccccc2o1. The average Bonchev–Trinajstić information content (AvgIpc) is 3.60. The Labute approximate surface area is 205 Å². The van der Waals surface area contributed by atoms with Crippen molar-refractivity contribution in [2.75, 3.05) is 0 Å². The molecule has 2 unspecified atom stereocenters. The number of ketones is 1. The topological polar surface area (TPSA) is 136 Å². The van der Waals surface area contributed by atoms with Gasteiger partial charge in [-0.15, -0.1) is 0 Å². The first-order chi connectivity index (χ1) is 17.2. The maximum Gasteiger partial charge on any atom is 0.263 e. The van der Waals surface area contributed by atoms with Crippen molar-refractivity contribution in [2.24, 2.45) is 0 Å². The zero-order valence-electron chi connectivity index (χ0n) is 19.8. The minimum Gasteiger partial charge on any atom is -0.437 e. The Bertz CT molecular complexity index is 1510. The molecule has 36 heavy (non-hydrogen) atoms. The van der Waals surface area contributed by atoms with Crippen LogP contribution >= 0.6 is 0 Å². The highest BCUT2D eigenvalue weighted by molar-refractivity contribution is 5.92. The van der Waals surface area contributed by atoms with Crippen molar-refractivity contribution in [2.45, 2.75) is 32.0 Å². The Kier molecular flexibility index (Phi) is 5.66. The molecule has 9 heteroatoms. The van der Waals surface area contributed by atoms with E-state index >= 15 is 0 Å². The van der Waals surface area contributed by atoms with E-state index in [4.69, 9.17) is 13.3 Å². The minimum absolute atomic E-state index is 0.00374. The van der Waals surface area contributed by atoms with E-state index in [9.17, 15) is 15.0 Å². The Morgan fingerprint density at radius 3 is 1.36 bits per heavy atom. The van der Waals surface area contributed by atoms with Gasteiger partial charge in [-0.1, -0.05) is 36.4 Å². The number of fused-ring (bicyclic) bond motifs is 3. The number of oxazole rings is 3.